The number of carboxylic acid groups (broad SMARTS) is 1. The third-order valence-corrected chi connectivity index (χ3v) is 2.53. The van der Waals surface area contributed by atoms with Crippen LogP contribution in [0.25, 0.3) is 11.4 Å². The number of aryl methyl sites for hydroxylation is 1. The Bertz CT molecular complexity index is 567. The highest BCUT2D eigenvalue weighted by Gasteiger charge is 2.13. The lowest BCUT2D eigenvalue weighted by Gasteiger charge is -2.03. The fraction of sp³-hybridized carbons (Fsp3) is 0.0833. The number of carboxylic acids is 1. The van der Waals surface area contributed by atoms with E-state index in [1.165, 1.54) is 6.20 Å². The zero-order valence-corrected chi connectivity index (χ0v) is 9.77. The number of nitrogens with zero attached hydrogens (tertiary/aromatic N) is 2. The second-order valence-electron chi connectivity index (χ2n) is 3.56. The first-order chi connectivity index (χ1) is 8.08. The lowest BCUT2D eigenvalue weighted by Crippen LogP contribution is -2.03. The minimum Gasteiger partial charge on any atom is -0.476 e. The van der Waals surface area contributed by atoms with Crippen molar-refractivity contribution in [3.8, 4) is 11.4 Å². The predicted octanol–water partition coefficient (Wildman–Crippen LogP) is 2.80. The minimum atomic E-state index is -1.16. The van der Waals surface area contributed by atoms with Crippen molar-refractivity contribution in [2.45, 2.75) is 6.92 Å². The number of carbonyl (C=O) groups is 1. The largest absolute Gasteiger partial charge is 0.476 e. The van der Waals surface area contributed by atoms with Gasteiger partial charge in [0.15, 0.2) is 11.5 Å². The van der Waals surface area contributed by atoms with Crippen molar-refractivity contribution in [3.05, 3.63) is 46.7 Å². The Labute approximate surface area is 103 Å². The molecule has 0 saturated carbocycles. The highest BCUT2D eigenvalue weighted by molar-refractivity contribution is 6.33. The Hall–Kier alpha value is -1.94. The molecule has 0 aliphatic rings. The van der Waals surface area contributed by atoms with E-state index >= 15 is 0 Å². The summed E-state index contributed by atoms with van der Waals surface area (Å²) in [5.74, 6) is -0.808. The highest BCUT2D eigenvalue weighted by atomic mass is 35.5. The molecule has 1 aromatic heterocycles. The normalized spacial score (nSPS) is 10.2. The van der Waals surface area contributed by atoms with E-state index < -0.39 is 5.97 Å². The summed E-state index contributed by atoms with van der Waals surface area (Å²) in [5, 5.41) is 8.94. The number of hydrogen-bond acceptors (Lipinski definition) is 3. The van der Waals surface area contributed by atoms with E-state index in [4.69, 9.17) is 16.7 Å². The van der Waals surface area contributed by atoms with Crippen LogP contribution < -0.4 is 0 Å². The van der Waals surface area contributed by atoms with Gasteiger partial charge in [0.2, 0.25) is 0 Å². The Kier molecular flexibility index (Phi) is 3.06. The van der Waals surface area contributed by atoms with Crippen molar-refractivity contribution in [2.75, 3.05) is 0 Å². The summed E-state index contributed by atoms with van der Waals surface area (Å²) in [7, 11) is 0. The summed E-state index contributed by atoms with van der Waals surface area (Å²) >= 11 is 5.70. The van der Waals surface area contributed by atoms with Gasteiger partial charge in [-0.3, -0.25) is 0 Å². The first-order valence-electron chi connectivity index (χ1n) is 4.91. The molecule has 1 heterocycles. The maximum absolute atomic E-state index is 10.9. The molecule has 5 heteroatoms. The van der Waals surface area contributed by atoms with Gasteiger partial charge in [0.05, 0.1) is 11.2 Å². The topological polar surface area (TPSA) is 63.1 Å². The molecule has 2 aromatic rings. The number of aromatic nitrogens is 2. The van der Waals surface area contributed by atoms with Gasteiger partial charge in [-0.1, -0.05) is 41.4 Å². The summed E-state index contributed by atoms with van der Waals surface area (Å²) in [6.07, 6.45) is 1.30. The zero-order valence-electron chi connectivity index (χ0n) is 9.01. The third kappa shape index (κ3) is 2.42. The van der Waals surface area contributed by atoms with Gasteiger partial charge in [-0.15, -0.1) is 0 Å². The van der Waals surface area contributed by atoms with Gasteiger partial charge in [-0.2, -0.15) is 0 Å². The number of rotatable bonds is 2. The van der Waals surface area contributed by atoms with Crippen LogP contribution in [0.4, 0.5) is 0 Å². The molecular formula is C12H9ClN2O2. The molecule has 0 aliphatic carbocycles. The van der Waals surface area contributed by atoms with Crippen LogP contribution >= 0.6 is 11.6 Å². The molecule has 0 saturated heterocycles. The minimum absolute atomic E-state index is 0.0355. The van der Waals surface area contributed by atoms with Gasteiger partial charge >= 0.3 is 5.97 Å². The average molecular weight is 249 g/mol. The molecular weight excluding hydrogens is 240 g/mol. The van der Waals surface area contributed by atoms with Crippen molar-refractivity contribution in [1.29, 1.82) is 0 Å². The summed E-state index contributed by atoms with van der Waals surface area (Å²) in [5.41, 5.74) is 1.69. The predicted molar refractivity (Wildman–Crippen MR) is 64.2 cm³/mol. The van der Waals surface area contributed by atoms with E-state index in [-0.39, 0.29) is 10.7 Å². The summed E-state index contributed by atoms with van der Waals surface area (Å²) in [6, 6.07) is 7.50. The van der Waals surface area contributed by atoms with Gasteiger partial charge < -0.3 is 5.11 Å². The summed E-state index contributed by atoms with van der Waals surface area (Å²) in [4.78, 5) is 18.8. The van der Waals surface area contributed by atoms with Gasteiger partial charge in [-0.05, 0) is 6.92 Å². The van der Waals surface area contributed by atoms with Crippen LogP contribution in [-0.2, 0) is 0 Å². The van der Waals surface area contributed by atoms with E-state index in [0.29, 0.717) is 5.82 Å². The van der Waals surface area contributed by atoms with Crippen molar-refractivity contribution in [1.82, 2.24) is 9.97 Å². The van der Waals surface area contributed by atoms with E-state index in [1.54, 1.807) is 0 Å². The molecule has 0 spiro atoms. The Morgan fingerprint density at radius 1 is 1.29 bits per heavy atom. The SMILES string of the molecule is Cc1ccc(-c2ncc(Cl)c(C(=O)O)n2)cc1. The lowest BCUT2D eigenvalue weighted by atomic mass is 10.1. The van der Waals surface area contributed by atoms with Crippen molar-refractivity contribution in [3.63, 3.8) is 0 Å². The zero-order chi connectivity index (χ0) is 12.4. The van der Waals surface area contributed by atoms with Crippen molar-refractivity contribution < 1.29 is 9.90 Å². The third-order valence-electron chi connectivity index (χ3n) is 2.26. The Morgan fingerprint density at radius 2 is 1.94 bits per heavy atom. The van der Waals surface area contributed by atoms with Gasteiger partial charge in [0.1, 0.15) is 0 Å². The second-order valence-corrected chi connectivity index (χ2v) is 3.97. The van der Waals surface area contributed by atoms with Crippen molar-refractivity contribution in [2.24, 2.45) is 0 Å². The molecule has 0 radical (unpaired) electrons. The second kappa shape index (κ2) is 4.51. The van der Waals surface area contributed by atoms with Gasteiger partial charge in [-0.25, -0.2) is 14.8 Å². The molecule has 0 atom stereocenters. The summed E-state index contributed by atoms with van der Waals surface area (Å²) in [6.45, 7) is 1.97. The molecule has 0 bridgehead atoms. The van der Waals surface area contributed by atoms with Crippen LogP contribution in [0, 0.1) is 6.92 Å². The molecule has 0 amide bonds. The molecule has 1 aromatic carbocycles. The van der Waals surface area contributed by atoms with E-state index in [9.17, 15) is 4.79 Å². The van der Waals surface area contributed by atoms with Crippen molar-refractivity contribution >= 4 is 17.6 Å². The first kappa shape index (κ1) is 11.5. The van der Waals surface area contributed by atoms with Crippen LogP contribution in [0.3, 0.4) is 0 Å². The van der Waals surface area contributed by atoms with Crippen LogP contribution in [0.1, 0.15) is 16.1 Å². The molecule has 2 rings (SSSR count). The molecule has 0 unspecified atom stereocenters. The van der Waals surface area contributed by atoms with Gasteiger partial charge in [0.25, 0.3) is 0 Å². The molecule has 0 fully saturated rings. The first-order valence-corrected chi connectivity index (χ1v) is 5.28. The number of halogens is 1. The Balaban J connectivity index is 2.50. The fourth-order valence-corrected chi connectivity index (χ4v) is 1.53. The van der Waals surface area contributed by atoms with Crippen LogP contribution in [0.15, 0.2) is 30.5 Å². The van der Waals surface area contributed by atoms with Crippen LogP contribution in [0.2, 0.25) is 5.02 Å². The monoisotopic (exact) mass is 248 g/mol. The molecule has 17 heavy (non-hydrogen) atoms. The molecule has 86 valence electrons. The molecule has 1 N–H and O–H groups in total. The maximum atomic E-state index is 10.9. The smallest absolute Gasteiger partial charge is 0.356 e. The maximum Gasteiger partial charge on any atom is 0.356 e. The number of hydrogen-bond donors (Lipinski definition) is 1. The lowest BCUT2D eigenvalue weighted by molar-refractivity contribution is 0.0690. The Morgan fingerprint density at radius 3 is 2.53 bits per heavy atom. The van der Waals surface area contributed by atoms with Crippen LogP contribution in [-0.4, -0.2) is 21.0 Å². The molecule has 0 aliphatic heterocycles. The van der Waals surface area contributed by atoms with E-state index in [2.05, 4.69) is 9.97 Å². The summed E-state index contributed by atoms with van der Waals surface area (Å²) < 4.78 is 0. The fourth-order valence-electron chi connectivity index (χ4n) is 1.36. The number of benzene rings is 1. The average Bonchev–Trinajstić information content (AvgIpc) is 2.30. The van der Waals surface area contributed by atoms with Crippen LogP contribution in [0.5, 0.6) is 0 Å². The standard InChI is InChI=1S/C12H9ClN2O2/c1-7-2-4-8(5-3-7)11-14-6-9(13)10(15-11)12(16)17/h2-6H,1H3,(H,16,17). The van der Waals surface area contributed by atoms with Gasteiger partial charge in [0, 0.05) is 5.56 Å². The number of aromatic carboxylic acids is 1. The molecule has 4 nitrogen and oxygen atoms in total. The highest BCUT2D eigenvalue weighted by Crippen LogP contribution is 2.19. The van der Waals surface area contributed by atoms with E-state index in [1.807, 2.05) is 31.2 Å². The quantitative estimate of drug-likeness (QED) is 0.888. The van der Waals surface area contributed by atoms with E-state index in [0.717, 1.165) is 11.1 Å².